The summed E-state index contributed by atoms with van der Waals surface area (Å²) in [5.74, 6) is 1.25. The Hall–Kier alpha value is -0.650. The van der Waals surface area contributed by atoms with Gasteiger partial charge in [0.2, 0.25) is 5.91 Å². The van der Waals surface area contributed by atoms with Gasteiger partial charge in [0.1, 0.15) is 0 Å². The van der Waals surface area contributed by atoms with Gasteiger partial charge in [0.05, 0.1) is 6.04 Å². The van der Waals surface area contributed by atoms with Gasteiger partial charge in [0.25, 0.3) is 0 Å². The second kappa shape index (κ2) is 7.75. The van der Waals surface area contributed by atoms with Crippen molar-refractivity contribution in [1.82, 2.24) is 9.80 Å². The third-order valence-corrected chi connectivity index (χ3v) is 5.70. The normalized spacial score (nSPS) is 27.2. The van der Waals surface area contributed by atoms with Crippen LogP contribution in [0.15, 0.2) is 0 Å². The van der Waals surface area contributed by atoms with E-state index in [1.54, 1.807) is 0 Å². The number of hydrogen-bond donors (Lipinski definition) is 1. The number of carbonyl (C=O) groups excluding carboxylic acids is 1. The molecule has 0 saturated carbocycles. The molecule has 2 N–H and O–H groups in total. The van der Waals surface area contributed by atoms with Gasteiger partial charge >= 0.3 is 0 Å². The summed E-state index contributed by atoms with van der Waals surface area (Å²) >= 11 is 0. The number of likely N-dealkylation sites (tertiary alicyclic amines) is 2. The van der Waals surface area contributed by atoms with Crippen molar-refractivity contribution in [2.75, 3.05) is 45.9 Å². The molecule has 3 rings (SSSR count). The molecular formula is C17H31N3O2. The number of piperidine rings is 1. The van der Waals surface area contributed by atoms with Crippen molar-refractivity contribution in [2.24, 2.45) is 17.6 Å². The van der Waals surface area contributed by atoms with Crippen molar-refractivity contribution >= 4 is 5.91 Å². The molecule has 0 aromatic carbocycles. The van der Waals surface area contributed by atoms with E-state index in [1.807, 2.05) is 4.90 Å². The maximum absolute atomic E-state index is 12.6. The molecule has 3 fully saturated rings. The molecule has 1 atom stereocenters. The third kappa shape index (κ3) is 4.00. The van der Waals surface area contributed by atoms with Crippen molar-refractivity contribution in [3.05, 3.63) is 0 Å². The number of nitrogens with zero attached hydrogens (tertiary/aromatic N) is 2. The molecule has 1 amide bonds. The van der Waals surface area contributed by atoms with Crippen LogP contribution in [0.3, 0.4) is 0 Å². The number of amides is 1. The predicted molar refractivity (Wildman–Crippen MR) is 86.5 cm³/mol. The predicted octanol–water partition coefficient (Wildman–Crippen LogP) is 1.07. The molecule has 3 saturated heterocycles. The summed E-state index contributed by atoms with van der Waals surface area (Å²) in [5.41, 5.74) is 6.23. The molecule has 0 aromatic heterocycles. The minimum atomic E-state index is -0.320. The zero-order chi connectivity index (χ0) is 15.4. The largest absolute Gasteiger partial charge is 0.381 e. The molecule has 5 nitrogen and oxygen atoms in total. The topological polar surface area (TPSA) is 58.8 Å². The molecule has 3 aliphatic heterocycles. The Bertz CT molecular complexity index is 357. The molecular weight excluding hydrogens is 278 g/mol. The maximum Gasteiger partial charge on any atom is 0.239 e. The first-order chi connectivity index (χ1) is 10.7. The first-order valence-corrected chi connectivity index (χ1v) is 9.08. The van der Waals surface area contributed by atoms with Crippen LogP contribution < -0.4 is 5.73 Å². The fourth-order valence-electron chi connectivity index (χ4n) is 4.15. The fourth-order valence-corrected chi connectivity index (χ4v) is 4.15. The Balaban J connectivity index is 1.42. The summed E-state index contributed by atoms with van der Waals surface area (Å²) in [4.78, 5) is 17.2. The van der Waals surface area contributed by atoms with Gasteiger partial charge in [-0.1, -0.05) is 0 Å². The molecule has 0 spiro atoms. The Morgan fingerprint density at radius 1 is 1.05 bits per heavy atom. The van der Waals surface area contributed by atoms with Crippen LogP contribution in [0.4, 0.5) is 0 Å². The van der Waals surface area contributed by atoms with E-state index in [9.17, 15) is 4.79 Å². The molecule has 1 unspecified atom stereocenters. The lowest BCUT2D eigenvalue weighted by atomic mass is 9.90. The fraction of sp³-hybridized carbons (Fsp3) is 0.941. The SMILES string of the molecule is NC(C(=O)N1CCC(CN2CCCC2)CC1)C1CCOCC1. The van der Waals surface area contributed by atoms with Crippen molar-refractivity contribution in [3.63, 3.8) is 0 Å². The highest BCUT2D eigenvalue weighted by Crippen LogP contribution is 2.23. The first kappa shape index (κ1) is 16.2. The van der Waals surface area contributed by atoms with Gasteiger partial charge in [-0.15, -0.1) is 0 Å². The van der Waals surface area contributed by atoms with Crippen LogP contribution in [0.1, 0.15) is 38.5 Å². The van der Waals surface area contributed by atoms with E-state index in [0.29, 0.717) is 5.92 Å². The lowest BCUT2D eigenvalue weighted by Crippen LogP contribution is -2.51. The van der Waals surface area contributed by atoms with Crippen LogP contribution >= 0.6 is 0 Å². The van der Waals surface area contributed by atoms with Gasteiger partial charge in [-0.25, -0.2) is 0 Å². The molecule has 3 heterocycles. The molecule has 0 radical (unpaired) electrons. The van der Waals surface area contributed by atoms with Crippen molar-refractivity contribution < 1.29 is 9.53 Å². The van der Waals surface area contributed by atoms with Crippen LogP contribution in [0.25, 0.3) is 0 Å². The Morgan fingerprint density at radius 3 is 2.32 bits per heavy atom. The summed E-state index contributed by atoms with van der Waals surface area (Å²) in [5, 5.41) is 0. The smallest absolute Gasteiger partial charge is 0.239 e. The first-order valence-electron chi connectivity index (χ1n) is 9.08. The summed E-state index contributed by atoms with van der Waals surface area (Å²) in [7, 11) is 0. The van der Waals surface area contributed by atoms with Crippen molar-refractivity contribution in [1.29, 1.82) is 0 Å². The summed E-state index contributed by atoms with van der Waals surface area (Å²) in [6.45, 7) is 7.07. The van der Waals surface area contributed by atoms with E-state index in [0.717, 1.165) is 57.9 Å². The third-order valence-electron chi connectivity index (χ3n) is 5.70. The standard InChI is InChI=1S/C17H31N3O2/c18-16(15-5-11-22-12-6-15)17(21)20-9-3-14(4-10-20)13-19-7-1-2-8-19/h14-16H,1-13,18H2. The van der Waals surface area contributed by atoms with Crippen LogP contribution in [0.5, 0.6) is 0 Å². The minimum Gasteiger partial charge on any atom is -0.381 e. The van der Waals surface area contributed by atoms with E-state index < -0.39 is 0 Å². The van der Waals surface area contributed by atoms with Gasteiger partial charge in [0.15, 0.2) is 0 Å². The van der Waals surface area contributed by atoms with Crippen LogP contribution in [-0.4, -0.2) is 67.7 Å². The monoisotopic (exact) mass is 309 g/mol. The van der Waals surface area contributed by atoms with Gasteiger partial charge < -0.3 is 20.3 Å². The number of carbonyl (C=O) groups is 1. The maximum atomic E-state index is 12.6. The van der Waals surface area contributed by atoms with Crippen molar-refractivity contribution in [3.8, 4) is 0 Å². The van der Waals surface area contributed by atoms with E-state index in [-0.39, 0.29) is 11.9 Å². The summed E-state index contributed by atoms with van der Waals surface area (Å²) < 4.78 is 5.37. The number of rotatable bonds is 4. The van der Waals surface area contributed by atoms with Crippen LogP contribution in [-0.2, 0) is 9.53 Å². The lowest BCUT2D eigenvalue weighted by molar-refractivity contribution is -0.136. The molecule has 0 bridgehead atoms. The quantitative estimate of drug-likeness (QED) is 0.844. The highest BCUT2D eigenvalue weighted by molar-refractivity contribution is 5.82. The summed E-state index contributed by atoms with van der Waals surface area (Å²) in [6.07, 6.45) is 6.86. The number of nitrogens with two attached hydrogens (primary N) is 1. The van der Waals surface area contributed by atoms with Gasteiger partial charge in [-0.2, -0.15) is 0 Å². The van der Waals surface area contributed by atoms with E-state index >= 15 is 0 Å². The zero-order valence-corrected chi connectivity index (χ0v) is 13.7. The molecule has 5 heteroatoms. The molecule has 126 valence electrons. The Morgan fingerprint density at radius 2 is 1.68 bits per heavy atom. The van der Waals surface area contributed by atoms with Crippen LogP contribution in [0.2, 0.25) is 0 Å². The second-order valence-corrected chi connectivity index (χ2v) is 7.25. The average molecular weight is 309 g/mol. The minimum absolute atomic E-state index is 0.173. The molecule has 22 heavy (non-hydrogen) atoms. The average Bonchev–Trinajstić information content (AvgIpc) is 3.08. The van der Waals surface area contributed by atoms with Gasteiger partial charge in [-0.3, -0.25) is 4.79 Å². The molecule has 3 aliphatic rings. The number of ether oxygens (including phenoxy) is 1. The van der Waals surface area contributed by atoms with Gasteiger partial charge in [-0.05, 0) is 63.5 Å². The van der Waals surface area contributed by atoms with Gasteiger partial charge in [0, 0.05) is 32.8 Å². The van der Waals surface area contributed by atoms with Crippen molar-refractivity contribution in [2.45, 2.75) is 44.6 Å². The zero-order valence-electron chi connectivity index (χ0n) is 13.7. The van der Waals surface area contributed by atoms with Crippen LogP contribution in [0, 0.1) is 11.8 Å². The van der Waals surface area contributed by atoms with E-state index in [4.69, 9.17) is 10.5 Å². The lowest BCUT2D eigenvalue weighted by Gasteiger charge is -2.37. The van der Waals surface area contributed by atoms with E-state index in [1.165, 1.54) is 32.5 Å². The van der Waals surface area contributed by atoms with E-state index in [2.05, 4.69) is 4.90 Å². The Labute approximate surface area is 134 Å². The number of hydrogen-bond acceptors (Lipinski definition) is 4. The highest BCUT2D eigenvalue weighted by Gasteiger charge is 2.32. The molecule has 0 aromatic rings. The highest BCUT2D eigenvalue weighted by atomic mass is 16.5. The molecule has 0 aliphatic carbocycles. The second-order valence-electron chi connectivity index (χ2n) is 7.25. The Kier molecular flexibility index (Phi) is 5.71. The summed E-state index contributed by atoms with van der Waals surface area (Å²) in [6, 6.07) is -0.320.